The van der Waals surface area contributed by atoms with Gasteiger partial charge in [0.1, 0.15) is 22.9 Å². The van der Waals surface area contributed by atoms with E-state index in [1.807, 2.05) is 20.8 Å². The lowest BCUT2D eigenvalue weighted by Gasteiger charge is -2.33. The topological polar surface area (TPSA) is 138 Å². The van der Waals surface area contributed by atoms with Gasteiger partial charge in [-0.05, 0) is 84.8 Å². The molecule has 1 heterocycles. The SMILES string of the molecule is COc1cc(C(=O)NC2CCC(N(C)C)CC2)ccc1Nc1nccc(Nc2c(NC(C)(C)C)c(=O)c2=O)n1. The van der Waals surface area contributed by atoms with Crippen molar-refractivity contribution < 1.29 is 9.53 Å². The highest BCUT2D eigenvalue weighted by Gasteiger charge is 2.26. The van der Waals surface area contributed by atoms with E-state index in [2.05, 4.69) is 50.2 Å². The molecular formula is C28H37N7O4. The highest BCUT2D eigenvalue weighted by atomic mass is 16.5. The molecule has 4 rings (SSSR count). The molecule has 0 saturated heterocycles. The molecule has 0 aliphatic heterocycles. The summed E-state index contributed by atoms with van der Waals surface area (Å²) in [5.41, 5.74) is -0.0672. The van der Waals surface area contributed by atoms with Crippen molar-refractivity contribution >= 4 is 34.7 Å². The number of methoxy groups -OCH3 is 1. The van der Waals surface area contributed by atoms with E-state index in [1.54, 1.807) is 24.3 Å². The van der Waals surface area contributed by atoms with Crippen LogP contribution >= 0.6 is 0 Å². The fraction of sp³-hybridized carbons (Fsp3) is 0.464. The van der Waals surface area contributed by atoms with Gasteiger partial charge in [-0.2, -0.15) is 4.98 Å². The summed E-state index contributed by atoms with van der Waals surface area (Å²) in [5.74, 6) is 0.913. The van der Waals surface area contributed by atoms with Crippen LogP contribution in [0.1, 0.15) is 56.8 Å². The predicted molar refractivity (Wildman–Crippen MR) is 154 cm³/mol. The van der Waals surface area contributed by atoms with Crippen LogP contribution in [-0.4, -0.2) is 59.6 Å². The summed E-state index contributed by atoms with van der Waals surface area (Å²) in [6, 6.07) is 7.46. The molecule has 1 aliphatic rings. The molecule has 0 radical (unpaired) electrons. The maximum Gasteiger partial charge on any atom is 0.253 e. The number of nitrogens with zero attached hydrogens (tertiary/aromatic N) is 3. The van der Waals surface area contributed by atoms with Crippen molar-refractivity contribution in [2.75, 3.05) is 37.2 Å². The van der Waals surface area contributed by atoms with Crippen molar-refractivity contribution in [2.24, 2.45) is 0 Å². The average Bonchev–Trinajstić information content (AvgIpc) is 2.90. The van der Waals surface area contributed by atoms with Gasteiger partial charge in [0.15, 0.2) is 0 Å². The first-order valence-electron chi connectivity index (χ1n) is 13.1. The average molecular weight is 536 g/mol. The fourth-order valence-corrected chi connectivity index (χ4v) is 4.68. The van der Waals surface area contributed by atoms with Crippen LogP contribution < -0.4 is 36.9 Å². The Morgan fingerprint density at radius 2 is 1.69 bits per heavy atom. The van der Waals surface area contributed by atoms with E-state index in [9.17, 15) is 14.4 Å². The molecule has 0 spiro atoms. The van der Waals surface area contributed by atoms with Gasteiger partial charge in [-0.1, -0.05) is 0 Å². The van der Waals surface area contributed by atoms with Crippen LogP contribution in [0.15, 0.2) is 40.1 Å². The molecule has 0 atom stereocenters. The van der Waals surface area contributed by atoms with Gasteiger partial charge in [-0.15, -0.1) is 0 Å². The second-order valence-corrected chi connectivity index (χ2v) is 11.2. The maximum atomic E-state index is 12.9. The van der Waals surface area contributed by atoms with Crippen LogP contribution in [0.5, 0.6) is 5.75 Å². The zero-order valence-corrected chi connectivity index (χ0v) is 23.3. The third-order valence-electron chi connectivity index (χ3n) is 6.79. The minimum Gasteiger partial charge on any atom is -0.495 e. The standard InChI is InChI=1S/C28H37N7O4/c1-28(2,3)34-23-22(24(36)25(23)37)32-21-13-14-29-27(33-21)31-19-12-7-16(15-20(19)39-6)26(38)30-17-8-10-18(11-9-17)35(4)5/h7,12-15,17-18,34H,8-11H2,1-6H3,(H,30,38)(H2,29,31,32,33). The molecule has 4 N–H and O–H groups in total. The number of nitrogens with one attached hydrogen (secondary N) is 4. The second kappa shape index (κ2) is 11.4. The van der Waals surface area contributed by atoms with Gasteiger partial charge in [0.25, 0.3) is 16.8 Å². The van der Waals surface area contributed by atoms with Gasteiger partial charge < -0.3 is 30.9 Å². The lowest BCUT2D eigenvalue weighted by Crippen LogP contribution is -2.41. The number of carbonyl (C=O) groups excluding carboxylic acids is 1. The highest BCUT2D eigenvalue weighted by Crippen LogP contribution is 2.29. The first-order valence-corrected chi connectivity index (χ1v) is 13.1. The largest absolute Gasteiger partial charge is 0.495 e. The summed E-state index contributed by atoms with van der Waals surface area (Å²) in [6.07, 6.45) is 5.57. The van der Waals surface area contributed by atoms with Gasteiger partial charge in [0.05, 0.1) is 12.8 Å². The smallest absolute Gasteiger partial charge is 0.253 e. The Labute approximate surface area is 228 Å². The number of hydrogen-bond donors (Lipinski definition) is 4. The van der Waals surface area contributed by atoms with Crippen molar-refractivity contribution in [3.05, 3.63) is 56.5 Å². The Kier molecular flexibility index (Phi) is 8.19. The number of aromatic nitrogens is 2. The Morgan fingerprint density at radius 1 is 1.00 bits per heavy atom. The molecule has 3 aromatic rings. The van der Waals surface area contributed by atoms with E-state index in [-0.39, 0.29) is 34.8 Å². The number of ether oxygens (including phenoxy) is 1. The molecule has 11 heteroatoms. The first-order chi connectivity index (χ1) is 18.4. The van der Waals surface area contributed by atoms with Crippen LogP contribution in [0, 0.1) is 0 Å². The van der Waals surface area contributed by atoms with Gasteiger partial charge >= 0.3 is 0 Å². The molecule has 1 saturated carbocycles. The summed E-state index contributed by atoms with van der Waals surface area (Å²) in [5, 5.41) is 12.2. The predicted octanol–water partition coefficient (Wildman–Crippen LogP) is 3.38. The van der Waals surface area contributed by atoms with Crippen molar-refractivity contribution in [2.45, 2.75) is 64.1 Å². The molecule has 0 bridgehead atoms. The number of rotatable bonds is 9. The minimum absolute atomic E-state index is 0.136. The number of amides is 1. The fourth-order valence-electron chi connectivity index (χ4n) is 4.68. The Morgan fingerprint density at radius 3 is 2.33 bits per heavy atom. The molecule has 1 fully saturated rings. The van der Waals surface area contributed by atoms with E-state index in [1.165, 1.54) is 13.3 Å². The molecule has 1 aliphatic carbocycles. The zero-order chi connectivity index (χ0) is 28.3. The van der Waals surface area contributed by atoms with Crippen molar-refractivity contribution in [3.8, 4) is 5.75 Å². The maximum absolute atomic E-state index is 12.9. The van der Waals surface area contributed by atoms with Crippen LogP contribution in [0.25, 0.3) is 0 Å². The zero-order valence-electron chi connectivity index (χ0n) is 23.3. The van der Waals surface area contributed by atoms with E-state index >= 15 is 0 Å². The second-order valence-electron chi connectivity index (χ2n) is 11.2. The number of benzene rings is 1. The molecule has 11 nitrogen and oxygen atoms in total. The van der Waals surface area contributed by atoms with E-state index in [0.29, 0.717) is 28.9 Å². The van der Waals surface area contributed by atoms with Gasteiger partial charge in [-0.25, -0.2) is 4.98 Å². The van der Waals surface area contributed by atoms with Crippen LogP contribution in [0.2, 0.25) is 0 Å². The molecule has 39 heavy (non-hydrogen) atoms. The third-order valence-corrected chi connectivity index (χ3v) is 6.79. The Hall–Kier alpha value is -3.99. The van der Waals surface area contributed by atoms with Crippen LogP contribution in [0.4, 0.5) is 28.8 Å². The van der Waals surface area contributed by atoms with Crippen molar-refractivity contribution in [3.63, 3.8) is 0 Å². The summed E-state index contributed by atoms with van der Waals surface area (Å²) in [4.78, 5) is 48.0. The van der Waals surface area contributed by atoms with Crippen molar-refractivity contribution in [1.29, 1.82) is 0 Å². The van der Waals surface area contributed by atoms with E-state index in [0.717, 1.165) is 25.7 Å². The molecule has 1 aromatic heterocycles. The lowest BCUT2D eigenvalue weighted by molar-refractivity contribution is 0.0916. The lowest BCUT2D eigenvalue weighted by atomic mass is 9.90. The first kappa shape index (κ1) is 28.0. The quantitative estimate of drug-likeness (QED) is 0.302. The van der Waals surface area contributed by atoms with E-state index in [4.69, 9.17) is 4.74 Å². The molecule has 1 amide bonds. The Bertz CT molecular complexity index is 1400. The van der Waals surface area contributed by atoms with Crippen LogP contribution in [-0.2, 0) is 0 Å². The number of anilines is 5. The molecule has 208 valence electrons. The monoisotopic (exact) mass is 535 g/mol. The third kappa shape index (κ3) is 6.72. The van der Waals surface area contributed by atoms with Gasteiger partial charge in [0.2, 0.25) is 5.95 Å². The van der Waals surface area contributed by atoms with Gasteiger partial charge in [-0.3, -0.25) is 14.4 Å². The van der Waals surface area contributed by atoms with Crippen molar-refractivity contribution in [1.82, 2.24) is 20.2 Å². The highest BCUT2D eigenvalue weighted by molar-refractivity contribution is 5.95. The number of hydrogen-bond acceptors (Lipinski definition) is 10. The summed E-state index contributed by atoms with van der Waals surface area (Å²) in [7, 11) is 5.72. The van der Waals surface area contributed by atoms with Crippen LogP contribution in [0.3, 0.4) is 0 Å². The molecule has 0 unspecified atom stereocenters. The molecule has 2 aromatic carbocycles. The number of carbonyl (C=O) groups is 1. The Balaban J connectivity index is 1.43. The molecular weight excluding hydrogens is 498 g/mol. The summed E-state index contributed by atoms with van der Waals surface area (Å²) in [6.45, 7) is 5.71. The summed E-state index contributed by atoms with van der Waals surface area (Å²) >= 11 is 0. The minimum atomic E-state index is -0.601. The van der Waals surface area contributed by atoms with Gasteiger partial charge in [0, 0.05) is 29.4 Å². The normalized spacial score (nSPS) is 17.6. The van der Waals surface area contributed by atoms with E-state index < -0.39 is 10.9 Å². The summed E-state index contributed by atoms with van der Waals surface area (Å²) < 4.78 is 5.53.